The fourth-order valence-electron chi connectivity index (χ4n) is 2.42. The molecule has 2 aromatic carbocycles. The third-order valence-electron chi connectivity index (χ3n) is 3.86. The SMILES string of the molecule is CCc1ccc(C(=O)CC(Cc2ccc(Cl)cc2)C(=O)O)cc1. The van der Waals surface area contributed by atoms with Crippen LogP contribution in [0.25, 0.3) is 0 Å². The van der Waals surface area contributed by atoms with Crippen LogP contribution in [-0.4, -0.2) is 16.9 Å². The monoisotopic (exact) mass is 330 g/mol. The van der Waals surface area contributed by atoms with Crippen molar-refractivity contribution < 1.29 is 14.7 Å². The minimum absolute atomic E-state index is 0.0105. The van der Waals surface area contributed by atoms with Crippen LogP contribution in [0.1, 0.15) is 34.8 Å². The zero-order valence-corrected chi connectivity index (χ0v) is 13.7. The van der Waals surface area contributed by atoms with Gasteiger partial charge in [-0.1, -0.05) is 54.9 Å². The van der Waals surface area contributed by atoms with Crippen molar-refractivity contribution in [3.63, 3.8) is 0 Å². The van der Waals surface area contributed by atoms with Crippen LogP contribution in [0.15, 0.2) is 48.5 Å². The van der Waals surface area contributed by atoms with Crippen LogP contribution in [0, 0.1) is 5.92 Å². The maximum atomic E-state index is 12.3. The lowest BCUT2D eigenvalue weighted by Gasteiger charge is -2.12. The van der Waals surface area contributed by atoms with Gasteiger partial charge < -0.3 is 5.11 Å². The van der Waals surface area contributed by atoms with Crippen molar-refractivity contribution in [2.45, 2.75) is 26.2 Å². The summed E-state index contributed by atoms with van der Waals surface area (Å²) in [6, 6.07) is 14.4. The van der Waals surface area contributed by atoms with Crippen LogP contribution in [0.5, 0.6) is 0 Å². The van der Waals surface area contributed by atoms with Crippen LogP contribution < -0.4 is 0 Å². The molecule has 0 saturated carbocycles. The fraction of sp³-hybridized carbons (Fsp3) is 0.263. The molecule has 23 heavy (non-hydrogen) atoms. The normalized spacial score (nSPS) is 11.9. The van der Waals surface area contributed by atoms with Gasteiger partial charge in [0.05, 0.1) is 5.92 Å². The summed E-state index contributed by atoms with van der Waals surface area (Å²) in [6.07, 6.45) is 1.21. The standard InChI is InChI=1S/C19H19ClO3/c1-2-13-3-7-15(8-4-13)18(21)12-16(19(22)23)11-14-5-9-17(20)10-6-14/h3-10,16H,2,11-12H2,1H3,(H,22,23). The van der Waals surface area contributed by atoms with E-state index in [0.29, 0.717) is 17.0 Å². The molecule has 0 amide bonds. The number of carboxylic acids is 1. The minimum Gasteiger partial charge on any atom is -0.481 e. The first-order valence-electron chi connectivity index (χ1n) is 7.59. The van der Waals surface area contributed by atoms with Crippen LogP contribution in [0.2, 0.25) is 5.02 Å². The summed E-state index contributed by atoms with van der Waals surface area (Å²) in [5.74, 6) is -1.85. The highest BCUT2D eigenvalue weighted by Crippen LogP contribution is 2.18. The molecule has 0 spiro atoms. The van der Waals surface area contributed by atoms with E-state index >= 15 is 0 Å². The predicted octanol–water partition coefficient (Wildman–Crippen LogP) is 4.42. The predicted molar refractivity (Wildman–Crippen MR) is 91.0 cm³/mol. The summed E-state index contributed by atoms with van der Waals surface area (Å²) in [5.41, 5.74) is 2.57. The molecule has 0 aliphatic carbocycles. The van der Waals surface area contributed by atoms with Gasteiger partial charge in [-0.15, -0.1) is 0 Å². The number of aliphatic carboxylic acids is 1. The zero-order chi connectivity index (χ0) is 16.8. The van der Waals surface area contributed by atoms with Gasteiger partial charge in [-0.25, -0.2) is 0 Å². The Labute approximate surface area is 140 Å². The van der Waals surface area contributed by atoms with E-state index in [1.165, 1.54) is 0 Å². The minimum atomic E-state index is -0.960. The number of aryl methyl sites for hydroxylation is 1. The molecule has 0 radical (unpaired) electrons. The molecule has 1 atom stereocenters. The molecule has 0 heterocycles. The number of ketones is 1. The Morgan fingerprint density at radius 3 is 2.09 bits per heavy atom. The summed E-state index contributed by atoms with van der Waals surface area (Å²) in [7, 11) is 0. The van der Waals surface area contributed by atoms with Crippen LogP contribution in [0.4, 0.5) is 0 Å². The molecule has 1 unspecified atom stereocenters. The van der Waals surface area contributed by atoms with Crippen LogP contribution >= 0.6 is 11.6 Å². The highest BCUT2D eigenvalue weighted by atomic mass is 35.5. The second-order valence-corrected chi connectivity index (χ2v) is 5.98. The molecule has 0 aliphatic heterocycles. The van der Waals surface area contributed by atoms with E-state index < -0.39 is 11.9 Å². The number of rotatable bonds is 7. The second kappa shape index (κ2) is 7.93. The van der Waals surface area contributed by atoms with Crippen molar-refractivity contribution in [3.05, 3.63) is 70.2 Å². The summed E-state index contributed by atoms with van der Waals surface area (Å²) < 4.78 is 0. The lowest BCUT2D eigenvalue weighted by atomic mass is 9.92. The molecule has 0 aliphatic rings. The molecule has 3 nitrogen and oxygen atoms in total. The van der Waals surface area contributed by atoms with Crippen LogP contribution in [-0.2, 0) is 17.6 Å². The summed E-state index contributed by atoms with van der Waals surface area (Å²) >= 11 is 5.83. The Morgan fingerprint density at radius 2 is 1.57 bits per heavy atom. The van der Waals surface area contributed by atoms with E-state index in [1.807, 2.05) is 19.1 Å². The number of hydrogen-bond donors (Lipinski definition) is 1. The number of halogens is 1. The topological polar surface area (TPSA) is 54.4 Å². The molecular formula is C19H19ClO3. The van der Waals surface area contributed by atoms with E-state index in [0.717, 1.165) is 17.5 Å². The van der Waals surface area contributed by atoms with Gasteiger partial charge in [-0.05, 0) is 36.1 Å². The number of hydrogen-bond acceptors (Lipinski definition) is 2. The highest BCUT2D eigenvalue weighted by molar-refractivity contribution is 6.30. The first-order valence-corrected chi connectivity index (χ1v) is 7.96. The third kappa shape index (κ3) is 4.93. The van der Waals surface area contributed by atoms with Crippen molar-refractivity contribution in [2.24, 2.45) is 5.92 Å². The fourth-order valence-corrected chi connectivity index (χ4v) is 2.55. The molecular weight excluding hydrogens is 312 g/mol. The molecule has 0 aromatic heterocycles. The van der Waals surface area contributed by atoms with Crippen molar-refractivity contribution in [3.8, 4) is 0 Å². The smallest absolute Gasteiger partial charge is 0.307 e. The Kier molecular flexibility index (Phi) is 5.94. The maximum absolute atomic E-state index is 12.3. The van der Waals surface area contributed by atoms with Crippen molar-refractivity contribution in [1.82, 2.24) is 0 Å². The number of benzene rings is 2. The van der Waals surface area contributed by atoms with E-state index in [2.05, 4.69) is 0 Å². The number of carbonyl (C=O) groups is 2. The van der Waals surface area contributed by atoms with Gasteiger partial charge in [-0.2, -0.15) is 0 Å². The van der Waals surface area contributed by atoms with E-state index in [-0.39, 0.29) is 12.2 Å². The molecule has 120 valence electrons. The first-order chi connectivity index (χ1) is 11.0. The molecule has 1 N–H and O–H groups in total. The molecule has 2 aromatic rings. The van der Waals surface area contributed by atoms with Gasteiger partial charge in [0.15, 0.2) is 5.78 Å². The second-order valence-electron chi connectivity index (χ2n) is 5.54. The quantitative estimate of drug-likeness (QED) is 0.765. The van der Waals surface area contributed by atoms with E-state index in [1.54, 1.807) is 36.4 Å². The van der Waals surface area contributed by atoms with Gasteiger partial charge in [0, 0.05) is 17.0 Å². The van der Waals surface area contributed by atoms with Crippen molar-refractivity contribution in [1.29, 1.82) is 0 Å². The lowest BCUT2D eigenvalue weighted by molar-refractivity contribution is -0.141. The van der Waals surface area contributed by atoms with Gasteiger partial charge in [0.25, 0.3) is 0 Å². The lowest BCUT2D eigenvalue weighted by Crippen LogP contribution is -2.20. The first kappa shape index (κ1) is 17.2. The molecule has 0 fully saturated rings. The van der Waals surface area contributed by atoms with Crippen LogP contribution in [0.3, 0.4) is 0 Å². The molecule has 0 saturated heterocycles. The number of carboxylic acid groups (broad SMARTS) is 1. The third-order valence-corrected chi connectivity index (χ3v) is 4.11. The Balaban J connectivity index is 2.07. The number of carbonyl (C=O) groups excluding carboxylic acids is 1. The van der Waals surface area contributed by atoms with Gasteiger partial charge in [0.2, 0.25) is 0 Å². The summed E-state index contributed by atoms with van der Waals surface area (Å²) in [4.78, 5) is 23.8. The van der Waals surface area contributed by atoms with E-state index in [9.17, 15) is 14.7 Å². The zero-order valence-electron chi connectivity index (χ0n) is 13.0. The Bertz CT molecular complexity index is 675. The summed E-state index contributed by atoms with van der Waals surface area (Å²) in [6.45, 7) is 2.05. The summed E-state index contributed by atoms with van der Waals surface area (Å²) in [5, 5.41) is 9.99. The molecule has 2 rings (SSSR count). The molecule has 4 heteroatoms. The largest absolute Gasteiger partial charge is 0.481 e. The Morgan fingerprint density at radius 1 is 1.00 bits per heavy atom. The van der Waals surface area contributed by atoms with Crippen molar-refractivity contribution >= 4 is 23.4 Å². The molecule has 0 bridgehead atoms. The average Bonchev–Trinajstić information content (AvgIpc) is 2.56. The highest BCUT2D eigenvalue weighted by Gasteiger charge is 2.22. The van der Waals surface area contributed by atoms with Gasteiger partial charge >= 0.3 is 5.97 Å². The van der Waals surface area contributed by atoms with Gasteiger partial charge in [-0.3, -0.25) is 9.59 Å². The van der Waals surface area contributed by atoms with Crippen molar-refractivity contribution in [2.75, 3.05) is 0 Å². The average molecular weight is 331 g/mol. The van der Waals surface area contributed by atoms with Gasteiger partial charge in [0.1, 0.15) is 0 Å². The number of Topliss-reactive ketones (excluding diaryl/α,β-unsaturated/α-hetero) is 1. The maximum Gasteiger partial charge on any atom is 0.307 e. The Hall–Kier alpha value is -2.13. The van der Waals surface area contributed by atoms with E-state index in [4.69, 9.17) is 11.6 Å².